The van der Waals surface area contributed by atoms with Crippen LogP contribution in [-0.2, 0) is 0 Å². The molecular weight excluding hydrogens is 251 g/mol. The van der Waals surface area contributed by atoms with Crippen molar-refractivity contribution < 1.29 is 4.52 Å². The predicted molar refractivity (Wildman–Crippen MR) is 76.8 cm³/mol. The van der Waals surface area contributed by atoms with Gasteiger partial charge in [0.25, 0.3) is 0 Å². The summed E-state index contributed by atoms with van der Waals surface area (Å²) in [6.07, 6.45) is 0. The van der Waals surface area contributed by atoms with Gasteiger partial charge in [-0.15, -0.1) is 21.9 Å². The number of hydrogen-bond acceptors (Lipinski definition) is 4. The van der Waals surface area contributed by atoms with Crippen LogP contribution in [-0.4, -0.2) is 12.4 Å². The van der Waals surface area contributed by atoms with Crippen molar-refractivity contribution in [3.63, 3.8) is 0 Å². The summed E-state index contributed by atoms with van der Waals surface area (Å²) in [6.45, 7) is 3.86. The molecule has 0 aromatic carbocycles. The molecule has 1 aromatic rings. The fourth-order valence-corrected chi connectivity index (χ4v) is 0.912. The van der Waals surface area contributed by atoms with Crippen LogP contribution in [0.2, 0.25) is 6.82 Å². The zero-order valence-corrected chi connectivity index (χ0v) is 12.2. The summed E-state index contributed by atoms with van der Waals surface area (Å²) in [4.78, 5) is 0.794. The lowest BCUT2D eigenvalue weighted by Crippen LogP contribution is -2.13. The van der Waals surface area contributed by atoms with E-state index in [9.17, 15) is 0 Å². The number of allylic oxidation sites excluding steroid dienone is 1. The molecule has 0 amide bonds. The Morgan fingerprint density at radius 2 is 2.14 bits per heavy atom. The first-order valence-electron chi connectivity index (χ1n) is 3.82. The average Bonchev–Trinajstić information content (AvgIpc) is 2.48. The number of nitrogens with zero attached hydrogens (tertiary/aromatic N) is 1. The second-order valence-electron chi connectivity index (χ2n) is 2.44. The monoisotopic (exact) mass is 264 g/mol. The lowest BCUT2D eigenvalue weighted by Gasteiger charge is -1.83. The van der Waals surface area contributed by atoms with Gasteiger partial charge in [-0.25, -0.2) is 0 Å². The van der Waals surface area contributed by atoms with Gasteiger partial charge in [-0.05, 0) is 17.6 Å². The van der Waals surface area contributed by atoms with Crippen LogP contribution in [0.5, 0.6) is 0 Å². The Labute approximate surface area is 101 Å². The largest absolute Gasteiger partial charge is 0.357 e. The third kappa shape index (κ3) is 5.45. The Kier molecular flexibility index (Phi) is 8.13. The van der Waals surface area contributed by atoms with E-state index in [0.717, 1.165) is 15.8 Å². The van der Waals surface area contributed by atoms with Crippen molar-refractivity contribution in [2.45, 2.75) is 18.6 Å². The van der Waals surface area contributed by atoms with Crippen molar-refractivity contribution in [3.05, 3.63) is 10.7 Å². The fourth-order valence-electron chi connectivity index (χ4n) is 0.500. The third-order valence-corrected chi connectivity index (χ3v) is 3.14. The molecule has 1 heterocycles. The molecule has 1 rings (SSSR count). The Bertz CT molecular complexity index is 313. The van der Waals surface area contributed by atoms with Gasteiger partial charge in [0.2, 0.25) is 0 Å². The summed E-state index contributed by atoms with van der Waals surface area (Å²) in [5.74, 6) is 0. The number of thiol groups is 2. The highest BCUT2D eigenvalue weighted by Crippen LogP contribution is 2.01. The molecule has 0 N–H and O–H groups in total. The van der Waals surface area contributed by atoms with E-state index in [2.05, 4.69) is 48.9 Å². The smallest absolute Gasteiger partial charge is 0.180 e. The van der Waals surface area contributed by atoms with Gasteiger partial charge in [-0.1, -0.05) is 21.2 Å². The topological polar surface area (TPSA) is 26.0 Å². The number of rotatable bonds is 1. The van der Waals surface area contributed by atoms with Gasteiger partial charge in [-0.3, -0.25) is 0 Å². The second kappa shape index (κ2) is 7.81. The molecule has 0 fully saturated rings. The van der Waals surface area contributed by atoms with Crippen molar-refractivity contribution in [1.29, 1.82) is 0 Å². The molecular formula is C7H13BNOP2S2. The zero-order chi connectivity index (χ0) is 11.1. The minimum atomic E-state index is 0.687. The molecule has 0 bridgehead atoms. The van der Waals surface area contributed by atoms with Crippen LogP contribution in [0.15, 0.2) is 20.1 Å². The first-order chi connectivity index (χ1) is 6.52. The zero-order valence-electron chi connectivity index (χ0n) is 8.06. The van der Waals surface area contributed by atoms with Crippen molar-refractivity contribution in [2.75, 3.05) is 0 Å². The fraction of sp³-hybridized carbons (Fsp3) is 0.286. The highest BCUT2D eigenvalue weighted by atomic mass is 32.1. The highest BCUT2D eigenvalue weighted by molar-refractivity contribution is 7.83. The maximum atomic E-state index is 4.79. The van der Waals surface area contributed by atoms with E-state index in [4.69, 9.17) is 4.52 Å². The van der Waals surface area contributed by atoms with Crippen LogP contribution in [0.4, 0.5) is 0 Å². The van der Waals surface area contributed by atoms with E-state index < -0.39 is 0 Å². The first kappa shape index (κ1) is 14.6. The highest BCUT2D eigenvalue weighted by Gasteiger charge is 2.05. The lowest BCUT2D eigenvalue weighted by molar-refractivity contribution is 0.452. The van der Waals surface area contributed by atoms with Gasteiger partial charge in [0.1, 0.15) is 0 Å². The van der Waals surface area contributed by atoms with Crippen LogP contribution in [0.25, 0.3) is 0 Å². The van der Waals surface area contributed by atoms with E-state index in [0.29, 0.717) is 5.50 Å². The van der Waals surface area contributed by atoms with Gasteiger partial charge >= 0.3 is 0 Å². The summed E-state index contributed by atoms with van der Waals surface area (Å²) in [5.41, 5.74) is 1.48. The Morgan fingerprint density at radius 1 is 1.64 bits per heavy atom. The quantitative estimate of drug-likeness (QED) is 0.456. The van der Waals surface area contributed by atoms with E-state index in [1.165, 1.54) is 0 Å². The third-order valence-electron chi connectivity index (χ3n) is 1.20. The first-order valence-corrected chi connectivity index (χ1v) is 5.94. The Morgan fingerprint density at radius 3 is 2.29 bits per heavy atom. The van der Waals surface area contributed by atoms with Crippen molar-refractivity contribution in [2.24, 2.45) is 0 Å². The molecule has 7 heteroatoms. The Balaban J connectivity index is 0.000000292. The molecule has 1 radical (unpaired) electrons. The molecule has 77 valence electrons. The number of aromatic nitrogens is 1. The summed E-state index contributed by atoms with van der Waals surface area (Å²) in [7, 11) is 6.78. The van der Waals surface area contributed by atoms with Gasteiger partial charge in [0.05, 0.1) is 10.5 Å². The summed E-state index contributed by atoms with van der Waals surface area (Å²) in [5, 5.41) is 6.61. The van der Waals surface area contributed by atoms with Gasteiger partial charge in [0, 0.05) is 0 Å². The van der Waals surface area contributed by atoms with Gasteiger partial charge < -0.3 is 4.52 Å². The van der Waals surface area contributed by atoms with E-state index in [1.54, 1.807) is 5.41 Å². The van der Waals surface area contributed by atoms with Crippen LogP contribution in [0.1, 0.15) is 6.92 Å². The van der Waals surface area contributed by atoms with Crippen LogP contribution in [0.3, 0.4) is 0 Å². The Hall–Kier alpha value is 0.575. The standard InChI is InChI=1S/C4H6BNOPS.C3H7PS/c1-5-3-2(9)4(8)7-6-3;1-3(4)2-5/h9H,8H2,1H3;2,5H,4H2,1H3/b;3-2-. The minimum absolute atomic E-state index is 0.687. The molecule has 0 saturated carbocycles. The lowest BCUT2D eigenvalue weighted by atomic mass is 9.78. The van der Waals surface area contributed by atoms with Crippen molar-refractivity contribution in [3.8, 4) is 0 Å². The minimum Gasteiger partial charge on any atom is -0.357 e. The molecule has 2 nitrogen and oxygen atoms in total. The SMILES string of the molecule is C/C(P)=C/S.C[B]c1noc(P)c1S. The van der Waals surface area contributed by atoms with Crippen LogP contribution < -0.4 is 11.1 Å². The van der Waals surface area contributed by atoms with Crippen molar-refractivity contribution >= 4 is 62.1 Å². The molecule has 2 atom stereocenters. The molecule has 0 aliphatic carbocycles. The normalized spacial score (nSPS) is 10.6. The van der Waals surface area contributed by atoms with Gasteiger partial charge in [0.15, 0.2) is 12.8 Å². The number of hydrogen-bond donors (Lipinski definition) is 2. The molecule has 14 heavy (non-hydrogen) atoms. The van der Waals surface area contributed by atoms with E-state index in [1.807, 2.05) is 21.0 Å². The van der Waals surface area contributed by atoms with Crippen LogP contribution >= 0.6 is 43.7 Å². The summed E-state index contributed by atoms with van der Waals surface area (Å²) < 4.78 is 4.79. The molecule has 0 spiro atoms. The second-order valence-corrected chi connectivity index (χ2v) is 4.58. The maximum absolute atomic E-state index is 4.79. The maximum Gasteiger partial charge on any atom is 0.180 e. The molecule has 1 aromatic heterocycles. The van der Waals surface area contributed by atoms with E-state index >= 15 is 0 Å². The van der Waals surface area contributed by atoms with E-state index in [-0.39, 0.29) is 0 Å². The summed E-state index contributed by atoms with van der Waals surface area (Å²) >= 11 is 7.97. The average molecular weight is 264 g/mol. The molecule has 0 saturated heterocycles. The summed E-state index contributed by atoms with van der Waals surface area (Å²) in [6, 6.07) is 0. The van der Waals surface area contributed by atoms with Gasteiger partial charge in [-0.2, -0.15) is 12.6 Å². The molecule has 0 aliphatic rings. The van der Waals surface area contributed by atoms with Crippen LogP contribution in [0, 0.1) is 0 Å². The molecule has 0 aliphatic heterocycles. The molecule has 2 unspecified atom stereocenters. The van der Waals surface area contributed by atoms with Crippen molar-refractivity contribution in [1.82, 2.24) is 5.16 Å². The predicted octanol–water partition coefficient (Wildman–Crippen LogP) is 1.49.